The summed E-state index contributed by atoms with van der Waals surface area (Å²) >= 11 is 1.15. The second kappa shape index (κ2) is 9.71. The number of carboxylic acid groups (broad SMARTS) is 1. The van der Waals surface area contributed by atoms with E-state index in [1.807, 2.05) is 30.3 Å². The second-order valence-electron chi connectivity index (χ2n) is 7.40. The summed E-state index contributed by atoms with van der Waals surface area (Å²) in [4.78, 5) is 11.0. The number of carboxylic acids is 1. The summed E-state index contributed by atoms with van der Waals surface area (Å²) in [6, 6.07) is 18.4. The Labute approximate surface area is 180 Å². The lowest BCUT2D eigenvalue weighted by molar-refractivity contribution is -0.133. The van der Waals surface area contributed by atoms with Gasteiger partial charge in [0, 0.05) is 5.92 Å². The van der Waals surface area contributed by atoms with Crippen LogP contribution in [0.2, 0.25) is 0 Å². The Morgan fingerprint density at radius 3 is 2.43 bits per heavy atom. The molecule has 0 bridgehead atoms. The molecule has 2 aromatic carbocycles. The lowest BCUT2D eigenvalue weighted by atomic mass is 9.89. The molecule has 6 nitrogen and oxygen atoms in total. The number of carbonyl (C=O) groups is 1. The fourth-order valence-corrected chi connectivity index (χ4v) is 4.35. The number of hydrogen-bond acceptors (Lipinski definition) is 5. The summed E-state index contributed by atoms with van der Waals surface area (Å²) in [5, 5.41) is 22.8. The fraction of sp³-hybridized carbons (Fsp3) is 0.304. The predicted molar refractivity (Wildman–Crippen MR) is 119 cm³/mol. The fourth-order valence-electron chi connectivity index (χ4n) is 3.73. The Bertz CT molecular complexity index is 1010. The smallest absolute Gasteiger partial charge is 0.313 e. The first-order valence-electron chi connectivity index (χ1n) is 10.2. The van der Waals surface area contributed by atoms with Crippen LogP contribution in [0.4, 0.5) is 0 Å². The molecule has 1 fully saturated rings. The average Bonchev–Trinajstić information content (AvgIpc) is 3.20. The number of thioether (sulfide) groups is 1. The van der Waals surface area contributed by atoms with Crippen molar-refractivity contribution in [1.82, 2.24) is 14.9 Å². The molecular weight excluding hydrogens is 396 g/mol. The molecule has 1 aliphatic carbocycles. The van der Waals surface area contributed by atoms with Crippen LogP contribution in [-0.2, 0) is 4.79 Å². The summed E-state index contributed by atoms with van der Waals surface area (Å²) in [5.74, 6) is 0.210. The molecule has 0 spiro atoms. The largest absolute Gasteiger partial charge is 0.481 e. The van der Waals surface area contributed by atoms with E-state index in [9.17, 15) is 4.79 Å². The molecule has 7 heteroatoms. The molecule has 1 N–H and O–H groups in total. The van der Waals surface area contributed by atoms with Gasteiger partial charge in [0.15, 0.2) is 5.82 Å². The molecule has 0 amide bonds. The van der Waals surface area contributed by atoms with E-state index in [2.05, 4.69) is 39.6 Å². The van der Waals surface area contributed by atoms with E-state index in [4.69, 9.17) is 5.11 Å². The van der Waals surface area contributed by atoms with Crippen LogP contribution in [0, 0.1) is 0 Å². The van der Waals surface area contributed by atoms with Crippen molar-refractivity contribution in [1.29, 1.82) is 0 Å². The van der Waals surface area contributed by atoms with Crippen molar-refractivity contribution in [2.75, 3.05) is 5.75 Å². The van der Waals surface area contributed by atoms with Gasteiger partial charge in [-0.3, -0.25) is 4.79 Å². The van der Waals surface area contributed by atoms with Gasteiger partial charge < -0.3 is 5.11 Å². The van der Waals surface area contributed by atoms with Gasteiger partial charge in [-0.05, 0) is 29.5 Å². The van der Waals surface area contributed by atoms with Crippen molar-refractivity contribution in [2.45, 2.75) is 43.2 Å². The summed E-state index contributed by atoms with van der Waals surface area (Å²) < 4.78 is 1.73. The van der Waals surface area contributed by atoms with Gasteiger partial charge in [-0.2, -0.15) is 9.78 Å². The maximum atomic E-state index is 11.0. The number of aliphatic carboxylic acids is 1. The quantitative estimate of drug-likeness (QED) is 0.427. The van der Waals surface area contributed by atoms with Gasteiger partial charge in [0.2, 0.25) is 5.16 Å². The standard InChI is InChI=1S/C23H24N4O2S/c28-21(29)16-30-23-26-25-22(20-9-5-2-6-10-20)27(23)24-15-17-11-13-19(14-12-17)18-7-3-1-4-8-18/h1,3-4,7-8,11-15,20H,2,5-6,9-10,16H2,(H,28,29)/b24-15-. The molecule has 0 aliphatic heterocycles. The van der Waals surface area contributed by atoms with Gasteiger partial charge >= 0.3 is 5.97 Å². The maximum Gasteiger partial charge on any atom is 0.313 e. The summed E-state index contributed by atoms with van der Waals surface area (Å²) in [5.41, 5.74) is 3.29. The molecule has 0 saturated heterocycles. The van der Waals surface area contributed by atoms with Gasteiger partial charge in [-0.25, -0.2) is 0 Å². The maximum absolute atomic E-state index is 11.0. The van der Waals surface area contributed by atoms with Gasteiger partial charge in [-0.1, -0.05) is 85.6 Å². The average molecular weight is 421 g/mol. The lowest BCUT2D eigenvalue weighted by Gasteiger charge is -2.20. The first-order valence-corrected chi connectivity index (χ1v) is 11.2. The van der Waals surface area contributed by atoms with Crippen molar-refractivity contribution in [2.24, 2.45) is 5.10 Å². The van der Waals surface area contributed by atoms with Gasteiger partial charge in [0.1, 0.15) is 0 Å². The molecule has 30 heavy (non-hydrogen) atoms. The number of benzene rings is 2. The first-order chi connectivity index (χ1) is 14.7. The number of nitrogens with zero attached hydrogens (tertiary/aromatic N) is 4. The Kier molecular flexibility index (Phi) is 6.59. The highest BCUT2D eigenvalue weighted by Gasteiger charge is 2.23. The van der Waals surface area contributed by atoms with Crippen molar-refractivity contribution in [3.05, 3.63) is 66.0 Å². The van der Waals surface area contributed by atoms with Gasteiger partial charge in [0.25, 0.3) is 0 Å². The highest BCUT2D eigenvalue weighted by Crippen LogP contribution is 2.33. The summed E-state index contributed by atoms with van der Waals surface area (Å²) in [7, 11) is 0. The SMILES string of the molecule is O=C(O)CSc1nnc(C2CCCCC2)n1/N=C\c1ccc(-c2ccccc2)cc1. The molecule has 3 aromatic rings. The van der Waals surface area contributed by atoms with Crippen LogP contribution in [-0.4, -0.2) is 37.9 Å². The molecule has 0 atom stereocenters. The van der Waals surface area contributed by atoms with E-state index in [0.717, 1.165) is 41.6 Å². The lowest BCUT2D eigenvalue weighted by Crippen LogP contribution is -2.11. The van der Waals surface area contributed by atoms with Crippen LogP contribution < -0.4 is 0 Å². The minimum atomic E-state index is -0.880. The van der Waals surface area contributed by atoms with Crippen LogP contribution >= 0.6 is 11.8 Å². The highest BCUT2D eigenvalue weighted by molar-refractivity contribution is 7.99. The third-order valence-corrected chi connectivity index (χ3v) is 6.18. The third kappa shape index (κ3) is 4.97. The van der Waals surface area contributed by atoms with Gasteiger partial charge in [0.05, 0.1) is 12.0 Å². The Morgan fingerprint density at radius 2 is 1.73 bits per heavy atom. The van der Waals surface area contributed by atoms with Gasteiger partial charge in [-0.15, -0.1) is 10.2 Å². The van der Waals surface area contributed by atoms with E-state index >= 15 is 0 Å². The number of rotatable bonds is 7. The molecular formula is C23H24N4O2S. The van der Waals surface area contributed by atoms with E-state index < -0.39 is 5.97 Å². The van der Waals surface area contributed by atoms with Crippen molar-refractivity contribution < 1.29 is 9.90 Å². The zero-order chi connectivity index (χ0) is 20.8. The Balaban J connectivity index is 1.57. The molecule has 4 rings (SSSR count). The Hall–Kier alpha value is -2.93. The van der Waals surface area contributed by atoms with Crippen LogP contribution in [0.5, 0.6) is 0 Å². The van der Waals surface area contributed by atoms with Crippen LogP contribution in [0.25, 0.3) is 11.1 Å². The van der Waals surface area contributed by atoms with E-state index in [-0.39, 0.29) is 5.75 Å². The van der Waals surface area contributed by atoms with Crippen LogP contribution in [0.1, 0.15) is 49.4 Å². The minimum absolute atomic E-state index is 0.0654. The zero-order valence-electron chi connectivity index (χ0n) is 16.6. The zero-order valence-corrected chi connectivity index (χ0v) is 17.5. The normalized spacial score (nSPS) is 14.9. The van der Waals surface area contributed by atoms with E-state index in [1.165, 1.54) is 24.8 Å². The topological polar surface area (TPSA) is 80.4 Å². The molecule has 154 valence electrons. The predicted octanol–water partition coefficient (Wildman–Crippen LogP) is 5.05. The van der Waals surface area contributed by atoms with Crippen LogP contribution in [0.15, 0.2) is 64.9 Å². The highest BCUT2D eigenvalue weighted by atomic mass is 32.2. The summed E-state index contributed by atoms with van der Waals surface area (Å²) in [6.07, 6.45) is 7.54. The number of aromatic nitrogens is 3. The molecule has 0 radical (unpaired) electrons. The summed E-state index contributed by atoms with van der Waals surface area (Å²) in [6.45, 7) is 0. The van der Waals surface area contributed by atoms with E-state index in [1.54, 1.807) is 10.9 Å². The molecule has 1 aliphatic rings. The van der Waals surface area contributed by atoms with Crippen molar-refractivity contribution in [3.8, 4) is 11.1 Å². The second-order valence-corrected chi connectivity index (χ2v) is 8.35. The molecule has 0 unspecified atom stereocenters. The molecule has 1 heterocycles. The third-order valence-electron chi connectivity index (χ3n) is 5.27. The van der Waals surface area contributed by atoms with E-state index in [0.29, 0.717) is 11.1 Å². The first kappa shape index (κ1) is 20.3. The van der Waals surface area contributed by atoms with Crippen molar-refractivity contribution >= 4 is 23.9 Å². The number of hydrogen-bond donors (Lipinski definition) is 1. The Morgan fingerprint density at radius 1 is 1.03 bits per heavy atom. The monoisotopic (exact) mass is 420 g/mol. The van der Waals surface area contributed by atoms with Crippen molar-refractivity contribution in [3.63, 3.8) is 0 Å². The molecule has 1 aromatic heterocycles. The van der Waals surface area contributed by atoms with Crippen LogP contribution in [0.3, 0.4) is 0 Å². The molecule has 1 saturated carbocycles. The minimum Gasteiger partial charge on any atom is -0.481 e.